The van der Waals surface area contributed by atoms with Gasteiger partial charge in [-0.2, -0.15) is 11.8 Å². The Hall–Kier alpha value is -0.480. The van der Waals surface area contributed by atoms with Crippen molar-refractivity contribution >= 4 is 17.7 Å². The SMILES string of the molecule is C=CCCC(=O)N1CCCSCC1CN1CCCC1. The first-order valence-electron chi connectivity index (χ1n) is 7.51. The summed E-state index contributed by atoms with van der Waals surface area (Å²) in [5.41, 5.74) is 0. The summed E-state index contributed by atoms with van der Waals surface area (Å²) in [6.07, 6.45) is 7.07. The topological polar surface area (TPSA) is 23.6 Å². The maximum Gasteiger partial charge on any atom is 0.223 e. The summed E-state index contributed by atoms with van der Waals surface area (Å²) in [6, 6.07) is 0.419. The zero-order valence-electron chi connectivity index (χ0n) is 11.9. The molecule has 2 fully saturated rings. The number of amides is 1. The zero-order valence-corrected chi connectivity index (χ0v) is 12.7. The van der Waals surface area contributed by atoms with Crippen molar-refractivity contribution < 1.29 is 4.79 Å². The van der Waals surface area contributed by atoms with Crippen LogP contribution in [0, 0.1) is 0 Å². The first kappa shape index (κ1) is 14.9. The van der Waals surface area contributed by atoms with Crippen LogP contribution >= 0.6 is 11.8 Å². The highest BCUT2D eigenvalue weighted by Gasteiger charge is 2.27. The summed E-state index contributed by atoms with van der Waals surface area (Å²) in [6.45, 7) is 8.17. The van der Waals surface area contributed by atoms with Crippen molar-refractivity contribution in [3.8, 4) is 0 Å². The van der Waals surface area contributed by atoms with Crippen LogP contribution in [0.15, 0.2) is 12.7 Å². The Morgan fingerprint density at radius 2 is 2.05 bits per heavy atom. The molecule has 0 aromatic carbocycles. The number of allylic oxidation sites excluding steroid dienone is 1. The molecule has 0 N–H and O–H groups in total. The third-order valence-electron chi connectivity index (χ3n) is 3.99. The van der Waals surface area contributed by atoms with Gasteiger partial charge in [-0.05, 0) is 44.5 Å². The normalized spacial score (nSPS) is 25.3. The van der Waals surface area contributed by atoms with E-state index in [-0.39, 0.29) is 0 Å². The second-order valence-electron chi connectivity index (χ2n) is 5.50. The number of hydrogen-bond donors (Lipinski definition) is 0. The minimum absolute atomic E-state index is 0.326. The van der Waals surface area contributed by atoms with Gasteiger partial charge >= 0.3 is 0 Å². The molecular formula is C15H26N2OS. The van der Waals surface area contributed by atoms with Crippen molar-refractivity contribution in [1.82, 2.24) is 9.80 Å². The number of nitrogens with zero attached hydrogens (tertiary/aromatic N) is 2. The molecule has 1 amide bonds. The van der Waals surface area contributed by atoms with Crippen LogP contribution in [0.1, 0.15) is 32.1 Å². The van der Waals surface area contributed by atoms with E-state index in [9.17, 15) is 4.79 Å². The molecule has 0 aromatic rings. The summed E-state index contributed by atoms with van der Waals surface area (Å²) in [7, 11) is 0. The van der Waals surface area contributed by atoms with E-state index in [0.29, 0.717) is 18.4 Å². The monoisotopic (exact) mass is 282 g/mol. The molecule has 2 saturated heterocycles. The summed E-state index contributed by atoms with van der Waals surface area (Å²) in [5, 5.41) is 0. The summed E-state index contributed by atoms with van der Waals surface area (Å²) < 4.78 is 0. The number of carbonyl (C=O) groups excluding carboxylic acids is 1. The maximum atomic E-state index is 12.3. The molecule has 19 heavy (non-hydrogen) atoms. The van der Waals surface area contributed by atoms with Crippen LogP contribution in [0.3, 0.4) is 0 Å². The largest absolute Gasteiger partial charge is 0.338 e. The number of likely N-dealkylation sites (tertiary alicyclic amines) is 1. The van der Waals surface area contributed by atoms with Gasteiger partial charge in [0, 0.05) is 25.3 Å². The second-order valence-corrected chi connectivity index (χ2v) is 6.65. The van der Waals surface area contributed by atoms with Gasteiger partial charge in [-0.25, -0.2) is 0 Å². The average Bonchev–Trinajstić information content (AvgIpc) is 2.81. The minimum atomic E-state index is 0.326. The van der Waals surface area contributed by atoms with E-state index in [2.05, 4.69) is 16.4 Å². The lowest BCUT2D eigenvalue weighted by Crippen LogP contribution is -2.47. The van der Waals surface area contributed by atoms with Crippen LogP contribution in [0.25, 0.3) is 0 Å². The number of carbonyl (C=O) groups is 1. The predicted octanol–water partition coefficient (Wildman–Crippen LogP) is 2.38. The molecule has 3 nitrogen and oxygen atoms in total. The average molecular weight is 282 g/mol. The Morgan fingerprint density at radius 1 is 1.26 bits per heavy atom. The fourth-order valence-electron chi connectivity index (χ4n) is 2.94. The lowest BCUT2D eigenvalue weighted by Gasteiger charge is -2.32. The van der Waals surface area contributed by atoms with E-state index in [4.69, 9.17) is 0 Å². The van der Waals surface area contributed by atoms with E-state index in [1.807, 2.05) is 17.8 Å². The molecule has 2 aliphatic rings. The van der Waals surface area contributed by atoms with Gasteiger partial charge < -0.3 is 9.80 Å². The molecule has 4 heteroatoms. The van der Waals surface area contributed by atoms with Crippen molar-refractivity contribution in [1.29, 1.82) is 0 Å². The van der Waals surface area contributed by atoms with Crippen LogP contribution in [-0.2, 0) is 4.79 Å². The lowest BCUT2D eigenvalue weighted by atomic mass is 10.2. The molecule has 2 rings (SSSR count). The highest BCUT2D eigenvalue weighted by Crippen LogP contribution is 2.20. The first-order chi connectivity index (χ1) is 9.31. The predicted molar refractivity (Wildman–Crippen MR) is 82.5 cm³/mol. The smallest absolute Gasteiger partial charge is 0.223 e. The van der Waals surface area contributed by atoms with Crippen LogP contribution in [0.2, 0.25) is 0 Å². The van der Waals surface area contributed by atoms with Gasteiger partial charge in [0.1, 0.15) is 0 Å². The van der Waals surface area contributed by atoms with Crippen molar-refractivity contribution in [3.63, 3.8) is 0 Å². The van der Waals surface area contributed by atoms with Crippen molar-refractivity contribution in [2.24, 2.45) is 0 Å². The quantitative estimate of drug-likeness (QED) is 0.723. The van der Waals surface area contributed by atoms with E-state index in [1.165, 1.54) is 31.7 Å². The van der Waals surface area contributed by atoms with Gasteiger partial charge in [-0.1, -0.05) is 6.08 Å². The van der Waals surface area contributed by atoms with Crippen molar-refractivity contribution in [2.75, 3.05) is 37.7 Å². The third kappa shape index (κ3) is 4.53. The van der Waals surface area contributed by atoms with Crippen LogP contribution in [0.5, 0.6) is 0 Å². The Labute approximate surface area is 121 Å². The van der Waals surface area contributed by atoms with E-state index < -0.39 is 0 Å². The minimum Gasteiger partial charge on any atom is -0.338 e. The number of hydrogen-bond acceptors (Lipinski definition) is 3. The molecule has 1 atom stereocenters. The second kappa shape index (κ2) is 7.95. The summed E-state index contributed by atoms with van der Waals surface area (Å²) in [4.78, 5) is 17.0. The van der Waals surface area contributed by atoms with Crippen molar-refractivity contribution in [2.45, 2.75) is 38.1 Å². The molecule has 108 valence electrons. The van der Waals surface area contributed by atoms with Gasteiger partial charge in [-0.15, -0.1) is 6.58 Å². The Balaban J connectivity index is 1.93. The molecule has 2 heterocycles. The highest BCUT2D eigenvalue weighted by molar-refractivity contribution is 7.99. The molecule has 1 unspecified atom stereocenters. The molecule has 0 saturated carbocycles. The standard InChI is InChI=1S/C15H26N2OS/c1-2-3-7-15(18)17-10-6-11-19-13-14(17)12-16-8-4-5-9-16/h2,14H,1,3-13H2. The molecule has 0 radical (unpaired) electrons. The van der Waals surface area contributed by atoms with Crippen LogP contribution < -0.4 is 0 Å². The Kier molecular flexibility index (Phi) is 6.24. The van der Waals surface area contributed by atoms with Crippen LogP contribution in [0.4, 0.5) is 0 Å². The Bertz CT molecular complexity index is 303. The van der Waals surface area contributed by atoms with Crippen LogP contribution in [-0.4, -0.2) is 59.4 Å². The fourth-order valence-corrected chi connectivity index (χ4v) is 4.00. The highest BCUT2D eigenvalue weighted by atomic mass is 32.2. The van der Waals surface area contributed by atoms with Gasteiger partial charge in [0.25, 0.3) is 0 Å². The van der Waals surface area contributed by atoms with E-state index >= 15 is 0 Å². The molecule has 2 aliphatic heterocycles. The van der Waals surface area contributed by atoms with E-state index in [1.54, 1.807) is 0 Å². The molecular weight excluding hydrogens is 256 g/mol. The third-order valence-corrected chi connectivity index (χ3v) is 5.19. The molecule has 0 bridgehead atoms. The zero-order chi connectivity index (χ0) is 13.5. The van der Waals surface area contributed by atoms with Gasteiger partial charge in [-0.3, -0.25) is 4.79 Å². The Morgan fingerprint density at radius 3 is 2.79 bits per heavy atom. The molecule has 0 aliphatic carbocycles. The lowest BCUT2D eigenvalue weighted by molar-refractivity contribution is -0.133. The van der Waals surface area contributed by atoms with Gasteiger partial charge in [0.2, 0.25) is 5.91 Å². The molecule has 0 aromatic heterocycles. The number of rotatable bonds is 5. The molecule has 0 spiro atoms. The number of thioether (sulfide) groups is 1. The fraction of sp³-hybridized carbons (Fsp3) is 0.800. The van der Waals surface area contributed by atoms with E-state index in [0.717, 1.165) is 31.7 Å². The first-order valence-corrected chi connectivity index (χ1v) is 8.67. The maximum absolute atomic E-state index is 12.3. The van der Waals surface area contributed by atoms with Crippen molar-refractivity contribution in [3.05, 3.63) is 12.7 Å². The van der Waals surface area contributed by atoms with Gasteiger partial charge in [0.15, 0.2) is 0 Å². The summed E-state index contributed by atoms with van der Waals surface area (Å²) in [5.74, 6) is 2.63. The van der Waals surface area contributed by atoms with Gasteiger partial charge in [0.05, 0.1) is 6.04 Å². The summed E-state index contributed by atoms with van der Waals surface area (Å²) >= 11 is 2.01.